The number of rotatable bonds is 10. The van der Waals surface area contributed by atoms with Gasteiger partial charge in [-0.3, -0.25) is 4.79 Å². The third-order valence-corrected chi connectivity index (χ3v) is 4.73. The number of hydrogen-bond acceptors (Lipinski definition) is 4. The molecule has 1 atom stereocenters. The zero-order chi connectivity index (χ0) is 18.5. The quantitative estimate of drug-likeness (QED) is 0.530. The number of carbonyl (C=O) groups is 1. The summed E-state index contributed by atoms with van der Waals surface area (Å²) in [6, 6.07) is 0. The minimum absolute atomic E-state index is 0.0234. The summed E-state index contributed by atoms with van der Waals surface area (Å²) in [4.78, 5) is 12.7. The van der Waals surface area contributed by atoms with E-state index in [0.29, 0.717) is 13.0 Å². The summed E-state index contributed by atoms with van der Waals surface area (Å²) in [6.07, 6.45) is 2.32. The first-order valence-corrected chi connectivity index (χ1v) is 8.91. The molecule has 0 aliphatic heterocycles. The Morgan fingerprint density at radius 3 is 2.09 bits per heavy atom. The molecule has 0 bridgehead atoms. The van der Waals surface area contributed by atoms with Gasteiger partial charge >= 0.3 is 0 Å². The van der Waals surface area contributed by atoms with Crippen molar-refractivity contribution in [2.75, 3.05) is 13.2 Å². The Morgan fingerprint density at radius 2 is 1.65 bits per heavy atom. The predicted octanol–water partition coefficient (Wildman–Crippen LogP) is 3.57. The number of amides is 1. The van der Waals surface area contributed by atoms with Crippen molar-refractivity contribution in [3.05, 3.63) is 0 Å². The van der Waals surface area contributed by atoms with Crippen LogP contribution >= 0.6 is 12.6 Å². The highest BCUT2D eigenvalue weighted by molar-refractivity contribution is 7.81. The fourth-order valence-electron chi connectivity index (χ4n) is 2.32. The zero-order valence-electron chi connectivity index (χ0n) is 16.2. The van der Waals surface area contributed by atoms with E-state index in [1.165, 1.54) is 0 Å². The standard InChI is InChI=1S/C18H37NO3S/c1-9-18(8,23)12-15(2,3)14(21)19-16(4,5)10-11-22-17(6,7)13-20/h20,23H,9-13H2,1-8H3,(H,19,21). The van der Waals surface area contributed by atoms with Crippen LogP contribution in [0.1, 0.15) is 74.7 Å². The number of hydrogen-bond donors (Lipinski definition) is 3. The van der Waals surface area contributed by atoms with Crippen molar-refractivity contribution in [2.24, 2.45) is 5.41 Å². The van der Waals surface area contributed by atoms with Crippen molar-refractivity contribution >= 4 is 18.5 Å². The first-order chi connectivity index (χ1) is 10.2. The molecule has 23 heavy (non-hydrogen) atoms. The van der Waals surface area contributed by atoms with Crippen molar-refractivity contribution in [1.29, 1.82) is 0 Å². The van der Waals surface area contributed by atoms with Gasteiger partial charge in [-0.05, 0) is 47.0 Å². The molecule has 0 saturated heterocycles. The Hall–Kier alpha value is -0.260. The topological polar surface area (TPSA) is 58.6 Å². The molecule has 1 unspecified atom stereocenters. The molecule has 0 heterocycles. The highest BCUT2D eigenvalue weighted by Gasteiger charge is 2.36. The van der Waals surface area contributed by atoms with Crippen molar-refractivity contribution in [1.82, 2.24) is 5.32 Å². The molecule has 1 amide bonds. The van der Waals surface area contributed by atoms with Gasteiger partial charge in [0.1, 0.15) is 0 Å². The van der Waals surface area contributed by atoms with Gasteiger partial charge in [0.05, 0.1) is 12.2 Å². The number of ether oxygens (including phenoxy) is 1. The maximum atomic E-state index is 12.7. The number of thiol groups is 1. The maximum absolute atomic E-state index is 12.7. The molecule has 0 radical (unpaired) electrons. The lowest BCUT2D eigenvalue weighted by Gasteiger charge is -2.36. The lowest BCUT2D eigenvalue weighted by atomic mass is 9.80. The first-order valence-electron chi connectivity index (χ1n) is 8.46. The van der Waals surface area contributed by atoms with Crippen molar-refractivity contribution in [3.63, 3.8) is 0 Å². The van der Waals surface area contributed by atoms with Crippen LogP contribution in [-0.2, 0) is 9.53 Å². The van der Waals surface area contributed by atoms with Crippen LogP contribution in [0.25, 0.3) is 0 Å². The predicted molar refractivity (Wildman–Crippen MR) is 100 cm³/mol. The molecule has 0 aromatic carbocycles. The van der Waals surface area contributed by atoms with E-state index in [4.69, 9.17) is 4.74 Å². The summed E-state index contributed by atoms with van der Waals surface area (Å²) < 4.78 is 5.51. The van der Waals surface area contributed by atoms with Gasteiger partial charge in [0, 0.05) is 22.3 Å². The minimum atomic E-state index is -0.547. The third-order valence-electron chi connectivity index (χ3n) is 4.25. The first kappa shape index (κ1) is 22.7. The molecular weight excluding hydrogens is 310 g/mol. The highest BCUT2D eigenvalue weighted by Crippen LogP contribution is 2.35. The van der Waals surface area contributed by atoms with Gasteiger partial charge in [-0.25, -0.2) is 0 Å². The SMILES string of the molecule is CCC(C)(S)CC(C)(C)C(=O)NC(C)(C)CCOC(C)(C)CO. The molecule has 138 valence electrons. The number of nitrogens with one attached hydrogen (secondary N) is 1. The van der Waals surface area contributed by atoms with Gasteiger partial charge in [0.15, 0.2) is 0 Å². The molecule has 0 spiro atoms. The Balaban J connectivity index is 4.61. The largest absolute Gasteiger partial charge is 0.393 e. The normalized spacial score (nSPS) is 16.1. The molecule has 0 fully saturated rings. The van der Waals surface area contributed by atoms with Gasteiger partial charge in [0.25, 0.3) is 0 Å². The van der Waals surface area contributed by atoms with Crippen LogP contribution in [-0.4, -0.2) is 40.1 Å². The molecule has 2 N–H and O–H groups in total. The molecule has 0 saturated carbocycles. The van der Waals surface area contributed by atoms with Crippen molar-refractivity contribution in [2.45, 2.75) is 90.5 Å². The highest BCUT2D eigenvalue weighted by atomic mass is 32.1. The Bertz CT molecular complexity index is 390. The van der Waals surface area contributed by atoms with Crippen LogP contribution in [0.5, 0.6) is 0 Å². The number of aliphatic hydroxyl groups excluding tert-OH is 1. The second-order valence-electron chi connectivity index (χ2n) is 8.77. The van der Waals surface area contributed by atoms with Crippen LogP contribution in [0.2, 0.25) is 0 Å². The fourth-order valence-corrected chi connectivity index (χ4v) is 2.72. The van der Waals surface area contributed by atoms with E-state index < -0.39 is 11.0 Å². The molecule has 0 aliphatic carbocycles. The maximum Gasteiger partial charge on any atom is 0.226 e. The van der Waals surface area contributed by atoms with E-state index >= 15 is 0 Å². The third kappa shape index (κ3) is 8.96. The van der Waals surface area contributed by atoms with Gasteiger partial charge in [-0.1, -0.05) is 27.7 Å². The van der Waals surface area contributed by atoms with E-state index in [9.17, 15) is 9.90 Å². The van der Waals surface area contributed by atoms with Gasteiger partial charge in [-0.15, -0.1) is 0 Å². The summed E-state index contributed by atoms with van der Waals surface area (Å²) in [5.41, 5.74) is -1.39. The van der Waals surface area contributed by atoms with E-state index in [1.807, 2.05) is 41.5 Å². The molecule has 0 aliphatic rings. The van der Waals surface area contributed by atoms with E-state index in [1.54, 1.807) is 0 Å². The fraction of sp³-hybridized carbons (Fsp3) is 0.944. The number of aliphatic hydroxyl groups is 1. The van der Waals surface area contributed by atoms with Crippen LogP contribution in [0.15, 0.2) is 0 Å². The Kier molecular flexibility index (Phi) is 8.12. The molecule has 5 heteroatoms. The monoisotopic (exact) mass is 347 g/mol. The lowest BCUT2D eigenvalue weighted by Crippen LogP contribution is -2.51. The second-order valence-corrected chi connectivity index (χ2v) is 9.85. The summed E-state index contributed by atoms with van der Waals surface area (Å²) in [7, 11) is 0. The minimum Gasteiger partial charge on any atom is -0.393 e. The second kappa shape index (κ2) is 8.21. The van der Waals surface area contributed by atoms with Crippen LogP contribution in [0.4, 0.5) is 0 Å². The molecule has 0 rings (SSSR count). The number of carbonyl (C=O) groups excluding carboxylic acids is 1. The molecule has 0 aromatic heterocycles. The van der Waals surface area contributed by atoms with Crippen LogP contribution < -0.4 is 5.32 Å². The Morgan fingerprint density at radius 1 is 1.13 bits per heavy atom. The van der Waals surface area contributed by atoms with E-state index in [2.05, 4.69) is 31.8 Å². The summed E-state index contributed by atoms with van der Waals surface area (Å²) in [5, 5.41) is 12.3. The van der Waals surface area contributed by atoms with E-state index in [0.717, 1.165) is 12.8 Å². The summed E-state index contributed by atoms with van der Waals surface area (Å²) >= 11 is 4.66. The molecule has 0 aromatic rings. The smallest absolute Gasteiger partial charge is 0.226 e. The van der Waals surface area contributed by atoms with Crippen LogP contribution in [0.3, 0.4) is 0 Å². The van der Waals surface area contributed by atoms with Crippen LogP contribution in [0, 0.1) is 5.41 Å². The van der Waals surface area contributed by atoms with Gasteiger partial charge < -0.3 is 15.2 Å². The van der Waals surface area contributed by atoms with Gasteiger partial charge in [0.2, 0.25) is 5.91 Å². The van der Waals surface area contributed by atoms with Crippen molar-refractivity contribution in [3.8, 4) is 0 Å². The molecule has 4 nitrogen and oxygen atoms in total. The zero-order valence-corrected chi connectivity index (χ0v) is 17.1. The molecular formula is C18H37NO3S. The average Bonchev–Trinajstić information content (AvgIpc) is 2.36. The van der Waals surface area contributed by atoms with Crippen molar-refractivity contribution < 1.29 is 14.6 Å². The average molecular weight is 348 g/mol. The van der Waals surface area contributed by atoms with Gasteiger partial charge in [-0.2, -0.15) is 12.6 Å². The summed E-state index contributed by atoms with van der Waals surface area (Å²) in [6.45, 7) is 16.2. The lowest BCUT2D eigenvalue weighted by molar-refractivity contribution is -0.132. The Labute approximate surface area is 148 Å². The summed E-state index contributed by atoms with van der Waals surface area (Å²) in [5.74, 6) is 0.0395. The van der Waals surface area contributed by atoms with E-state index in [-0.39, 0.29) is 22.8 Å².